The van der Waals surface area contributed by atoms with Crippen LogP contribution < -0.4 is 5.73 Å². The molecule has 0 atom stereocenters. The van der Waals surface area contributed by atoms with Crippen molar-refractivity contribution >= 4 is 35.3 Å². The fraction of sp³-hybridized carbons (Fsp3) is 0.300. The molecule has 0 fully saturated rings. The van der Waals surface area contributed by atoms with Gasteiger partial charge in [0.25, 0.3) is 0 Å². The molecule has 1 aromatic carbocycles. The van der Waals surface area contributed by atoms with E-state index in [1.54, 1.807) is 12.1 Å². The van der Waals surface area contributed by atoms with Gasteiger partial charge >= 0.3 is 12.1 Å². The monoisotopic (exact) mass is 464 g/mol. The molecule has 0 aliphatic rings. The van der Waals surface area contributed by atoms with Gasteiger partial charge in [0, 0.05) is 30.1 Å². The molecule has 2 aromatic rings. The maximum absolute atomic E-state index is 14.4. The number of aromatic nitrogens is 2. The molecule has 0 aliphatic carbocycles. The molecule has 0 unspecified atom stereocenters. The number of nitrogens with two attached hydrogens (primary N) is 1. The van der Waals surface area contributed by atoms with E-state index in [0.717, 1.165) is 19.5 Å². The fourth-order valence-electron chi connectivity index (χ4n) is 2.65. The first-order valence-electron chi connectivity index (χ1n) is 8.74. The molecule has 0 spiro atoms. The summed E-state index contributed by atoms with van der Waals surface area (Å²) in [5.41, 5.74) is -0.159. The molecule has 11 heteroatoms. The van der Waals surface area contributed by atoms with Crippen LogP contribution in [0.5, 0.6) is 0 Å². The Morgan fingerprint density at radius 1 is 1.19 bits per heavy atom. The number of aliphatic imine (C=N–C) groups is 1. The first kappa shape index (κ1) is 24.5. The average Bonchev–Trinajstić information content (AvgIpc) is 3.00. The maximum atomic E-state index is 14.4. The van der Waals surface area contributed by atoms with Crippen molar-refractivity contribution in [2.24, 2.45) is 17.8 Å². The summed E-state index contributed by atoms with van der Waals surface area (Å²) < 4.78 is 84.4. The molecule has 0 amide bonds. The summed E-state index contributed by atoms with van der Waals surface area (Å²) in [6.45, 7) is 4.54. The maximum Gasteiger partial charge on any atom is 0.422 e. The summed E-state index contributed by atoms with van der Waals surface area (Å²) in [7, 11) is 0.997. The molecule has 4 nitrogen and oxygen atoms in total. The molecule has 2 rings (SSSR count). The van der Waals surface area contributed by atoms with Crippen LogP contribution in [-0.2, 0) is 19.1 Å². The van der Waals surface area contributed by atoms with Gasteiger partial charge in [-0.25, -0.2) is 14.1 Å². The van der Waals surface area contributed by atoms with Gasteiger partial charge in [0.15, 0.2) is 11.5 Å². The number of aryl methyl sites for hydroxylation is 1. The van der Waals surface area contributed by atoms with Crippen molar-refractivity contribution < 1.29 is 26.3 Å². The van der Waals surface area contributed by atoms with Crippen molar-refractivity contribution in [2.75, 3.05) is 0 Å². The molecule has 0 aliphatic heterocycles. The van der Waals surface area contributed by atoms with E-state index in [1.165, 1.54) is 12.1 Å². The third-order valence-electron chi connectivity index (χ3n) is 4.40. The lowest BCUT2D eigenvalue weighted by Crippen LogP contribution is -2.38. The Bertz CT molecular complexity index is 1050. The minimum atomic E-state index is -5.27. The fourth-order valence-corrected chi connectivity index (χ4v) is 2.84. The first-order valence-corrected chi connectivity index (χ1v) is 9.12. The van der Waals surface area contributed by atoms with E-state index in [0.29, 0.717) is 34.7 Å². The van der Waals surface area contributed by atoms with Crippen molar-refractivity contribution in [3.05, 3.63) is 58.4 Å². The Balaban J connectivity index is 2.64. The van der Waals surface area contributed by atoms with Gasteiger partial charge in [0.2, 0.25) is 0 Å². The third-order valence-corrected chi connectivity index (χ3v) is 4.74. The van der Waals surface area contributed by atoms with Gasteiger partial charge in [-0.3, -0.25) is 0 Å². The van der Waals surface area contributed by atoms with Crippen molar-refractivity contribution in [3.8, 4) is 0 Å². The Hall–Kier alpha value is -2.75. The van der Waals surface area contributed by atoms with Crippen molar-refractivity contribution in [1.29, 1.82) is 0 Å². The number of hydrogen-bond acceptors (Lipinski definition) is 3. The molecule has 0 saturated heterocycles. The second kappa shape index (κ2) is 8.41. The quantitative estimate of drug-likeness (QED) is 0.404. The van der Waals surface area contributed by atoms with Gasteiger partial charge in [0.1, 0.15) is 11.3 Å². The highest BCUT2D eigenvalue weighted by molar-refractivity contribution is 6.32. The molecule has 1 aromatic heterocycles. The zero-order valence-corrected chi connectivity index (χ0v) is 17.5. The van der Waals surface area contributed by atoms with Crippen LogP contribution in [0.15, 0.2) is 36.0 Å². The lowest BCUT2D eigenvalue weighted by Gasteiger charge is -2.26. The van der Waals surface area contributed by atoms with Crippen molar-refractivity contribution in [1.82, 2.24) is 9.78 Å². The van der Waals surface area contributed by atoms with E-state index in [1.807, 2.05) is 0 Å². The molecule has 168 valence electrons. The Morgan fingerprint density at radius 2 is 1.81 bits per heavy atom. The van der Waals surface area contributed by atoms with Gasteiger partial charge in [0.05, 0.1) is 0 Å². The van der Waals surface area contributed by atoms with Gasteiger partial charge in [-0.1, -0.05) is 30.3 Å². The summed E-state index contributed by atoms with van der Waals surface area (Å²) >= 11 is 6.00. The highest BCUT2D eigenvalue weighted by Gasteiger charge is 2.56. The van der Waals surface area contributed by atoms with Gasteiger partial charge < -0.3 is 5.73 Å². The smallest absolute Gasteiger partial charge is 0.404 e. The Morgan fingerprint density at radius 3 is 2.29 bits per heavy atom. The first-order chi connectivity index (χ1) is 14.1. The number of benzene rings is 1. The zero-order chi connectivity index (χ0) is 23.8. The van der Waals surface area contributed by atoms with Crippen molar-refractivity contribution in [3.63, 3.8) is 0 Å². The number of allylic oxidation sites excluding steroid dienone is 1. The number of hydrogen-bond donors (Lipinski definition) is 1. The van der Waals surface area contributed by atoms with E-state index >= 15 is 0 Å². The molecule has 2 N–H and O–H groups in total. The summed E-state index contributed by atoms with van der Waals surface area (Å²) in [4.78, 5) is 3.71. The molecular weight excluding hydrogens is 446 g/mol. The minimum Gasteiger partial charge on any atom is -0.404 e. The van der Waals surface area contributed by atoms with E-state index < -0.39 is 34.8 Å². The molecule has 0 saturated carbocycles. The van der Waals surface area contributed by atoms with Gasteiger partial charge in [-0.2, -0.15) is 27.1 Å². The van der Waals surface area contributed by atoms with Crippen LogP contribution in [-0.4, -0.2) is 21.7 Å². The number of nitrogens with zero attached hydrogens (tertiary/aromatic N) is 3. The molecule has 1 heterocycles. The normalized spacial score (nSPS) is 13.8. The van der Waals surface area contributed by atoms with Crippen LogP contribution >= 0.6 is 11.6 Å². The van der Waals surface area contributed by atoms with Crippen LogP contribution in [0, 0.1) is 0 Å². The van der Waals surface area contributed by atoms with E-state index in [4.69, 9.17) is 17.3 Å². The molecule has 0 radical (unpaired) electrons. The van der Waals surface area contributed by atoms with E-state index in [-0.39, 0.29) is 5.57 Å². The van der Waals surface area contributed by atoms with E-state index in [2.05, 4.69) is 16.7 Å². The summed E-state index contributed by atoms with van der Waals surface area (Å²) in [5, 5.41) is 3.63. The molecule has 31 heavy (non-hydrogen) atoms. The van der Waals surface area contributed by atoms with Crippen LogP contribution in [0.3, 0.4) is 0 Å². The lowest BCUT2D eigenvalue weighted by molar-refractivity contribution is -0.155. The number of rotatable bonds is 6. The second-order valence-electron chi connectivity index (χ2n) is 7.04. The summed E-state index contributed by atoms with van der Waals surface area (Å²) in [6.07, 6.45) is -1.77. The minimum absolute atomic E-state index is 0.174. The Kier molecular flexibility index (Phi) is 6.65. The predicted molar refractivity (Wildman–Crippen MR) is 109 cm³/mol. The standard InChI is InChI=1S/C20H19ClF6N4/c1-5-11-8-12(6-7-14(11)21)13(9-28)10-29-17-15(20(25,26)27)16(30-31(17)4)19(23,24)18(2,3)22/h5-10H,1,28H2,2-4H3/b13-9+,29-10+. The highest BCUT2D eigenvalue weighted by Crippen LogP contribution is 2.48. The van der Waals surface area contributed by atoms with Crippen LogP contribution in [0.25, 0.3) is 11.6 Å². The SMILES string of the molecule is C=Cc1cc(C(=C/N)/C=N/c2c(C(F)(F)F)c(C(F)(F)C(C)(C)F)nn2C)ccc1Cl. The highest BCUT2D eigenvalue weighted by atomic mass is 35.5. The van der Waals surface area contributed by atoms with Gasteiger partial charge in [-0.05, 0) is 37.1 Å². The van der Waals surface area contributed by atoms with Crippen LogP contribution in [0.4, 0.5) is 32.2 Å². The van der Waals surface area contributed by atoms with Crippen molar-refractivity contribution in [2.45, 2.75) is 31.6 Å². The second-order valence-corrected chi connectivity index (χ2v) is 7.44. The number of alkyl halides is 6. The van der Waals surface area contributed by atoms with Gasteiger partial charge in [-0.15, -0.1) is 0 Å². The zero-order valence-electron chi connectivity index (χ0n) is 16.7. The topological polar surface area (TPSA) is 56.2 Å². The predicted octanol–water partition coefficient (Wildman–Crippen LogP) is 6.28. The van der Waals surface area contributed by atoms with E-state index in [9.17, 15) is 26.3 Å². The van der Waals surface area contributed by atoms with Crippen LogP contribution in [0.1, 0.15) is 36.2 Å². The summed E-state index contributed by atoms with van der Waals surface area (Å²) in [5.74, 6) is -5.45. The lowest BCUT2D eigenvalue weighted by atomic mass is 9.96. The summed E-state index contributed by atoms with van der Waals surface area (Å²) in [6, 6.07) is 4.64. The third kappa shape index (κ3) is 4.79. The molecule has 0 bridgehead atoms. The Labute approximate surface area is 179 Å². The largest absolute Gasteiger partial charge is 0.422 e. The number of halogens is 7. The molecular formula is C20H19ClF6N4. The van der Waals surface area contributed by atoms with Crippen LogP contribution in [0.2, 0.25) is 5.02 Å². The average molecular weight is 465 g/mol.